The van der Waals surface area contributed by atoms with E-state index in [0.29, 0.717) is 0 Å². The van der Waals surface area contributed by atoms with Crippen molar-refractivity contribution in [3.8, 4) is 0 Å². The van der Waals surface area contributed by atoms with Crippen molar-refractivity contribution in [1.29, 1.82) is 0 Å². The first-order valence-corrected chi connectivity index (χ1v) is 6.23. The number of hydrogen-bond donors (Lipinski definition) is 1. The van der Waals surface area contributed by atoms with Gasteiger partial charge in [-0.1, -0.05) is 54.6 Å². The summed E-state index contributed by atoms with van der Waals surface area (Å²) < 4.78 is 21.2. The third-order valence-electron chi connectivity index (χ3n) is 1.74. The summed E-state index contributed by atoms with van der Waals surface area (Å²) in [6.45, 7) is 0. The largest absolute Gasteiger partial charge is 0.238 e. The van der Waals surface area contributed by atoms with E-state index in [1.807, 2.05) is 36.4 Å². The first-order chi connectivity index (χ1) is 7.61. The van der Waals surface area contributed by atoms with Gasteiger partial charge in [-0.05, 0) is 12.1 Å². The second-order valence-electron chi connectivity index (χ2n) is 3.01. The highest BCUT2D eigenvalue weighted by Crippen LogP contribution is 2.02. The van der Waals surface area contributed by atoms with E-state index in [9.17, 15) is 8.42 Å². The first-order valence-electron chi connectivity index (χ1n) is 4.68. The summed E-state index contributed by atoms with van der Waals surface area (Å²) in [5.41, 5.74) is 0. The van der Waals surface area contributed by atoms with E-state index in [-0.39, 0.29) is 4.90 Å². The van der Waals surface area contributed by atoms with Crippen LogP contribution in [-0.4, -0.2) is 8.42 Å². The fraction of sp³-hybridized carbons (Fsp3) is 0. The van der Waals surface area contributed by atoms with Crippen LogP contribution in [0.25, 0.3) is 0 Å². The van der Waals surface area contributed by atoms with Crippen LogP contribution in [0, 0.1) is 0 Å². The molecule has 0 amide bonds. The Morgan fingerprint density at radius 3 is 1.25 bits per heavy atom. The summed E-state index contributed by atoms with van der Waals surface area (Å²) in [6, 6.07) is 19.9. The zero-order chi connectivity index (χ0) is 11.9. The molecule has 0 heterocycles. The zero-order valence-corrected chi connectivity index (χ0v) is 9.47. The second-order valence-corrected chi connectivity index (χ2v) is 4.57. The molecule has 0 aromatic heterocycles. The molecule has 0 radical (unpaired) electrons. The topological polar surface area (TPSA) is 60.2 Å². The van der Waals surface area contributed by atoms with Crippen LogP contribution in [-0.2, 0) is 10.0 Å². The molecule has 2 N–H and O–H groups in total. The average Bonchev–Trinajstić information content (AvgIpc) is 2.32. The van der Waals surface area contributed by atoms with Gasteiger partial charge in [-0.2, -0.15) is 0 Å². The predicted octanol–water partition coefficient (Wildman–Crippen LogP) is 2.02. The van der Waals surface area contributed by atoms with Crippen molar-refractivity contribution >= 4 is 10.0 Å². The van der Waals surface area contributed by atoms with Crippen LogP contribution in [0.5, 0.6) is 0 Å². The van der Waals surface area contributed by atoms with Crippen LogP contribution in [0.1, 0.15) is 0 Å². The highest BCUT2D eigenvalue weighted by Gasteiger charge is 2.03. The molecule has 0 saturated heterocycles. The van der Waals surface area contributed by atoms with Crippen molar-refractivity contribution in [2.45, 2.75) is 4.90 Å². The van der Waals surface area contributed by atoms with Gasteiger partial charge in [0.25, 0.3) is 0 Å². The maximum Gasteiger partial charge on any atom is 0.238 e. The number of nitrogens with two attached hydrogens (primary N) is 1. The third-order valence-corrected chi connectivity index (χ3v) is 2.67. The molecule has 4 heteroatoms. The molecule has 0 aliphatic carbocycles. The molecule has 0 bridgehead atoms. The normalized spacial score (nSPS) is 10.1. The van der Waals surface area contributed by atoms with Gasteiger partial charge in [0.15, 0.2) is 0 Å². The Balaban J connectivity index is 0.000000181. The molecular formula is C12H13NO2S. The molecule has 0 unspecified atom stereocenters. The van der Waals surface area contributed by atoms with E-state index in [0.717, 1.165) is 0 Å². The minimum Gasteiger partial charge on any atom is -0.225 e. The molecule has 0 fully saturated rings. The minimum atomic E-state index is -3.50. The van der Waals surface area contributed by atoms with Crippen LogP contribution < -0.4 is 5.14 Å². The quantitative estimate of drug-likeness (QED) is 0.822. The molecule has 0 aliphatic rings. The fourth-order valence-electron chi connectivity index (χ4n) is 0.995. The van der Waals surface area contributed by atoms with E-state index in [2.05, 4.69) is 0 Å². The molecule has 2 aromatic rings. The lowest BCUT2D eigenvalue weighted by atomic mass is 10.4. The summed E-state index contributed by atoms with van der Waals surface area (Å²) >= 11 is 0. The summed E-state index contributed by atoms with van der Waals surface area (Å²) in [5.74, 6) is 0. The number of hydrogen-bond acceptors (Lipinski definition) is 2. The van der Waals surface area contributed by atoms with Crippen molar-refractivity contribution in [3.05, 3.63) is 66.7 Å². The van der Waals surface area contributed by atoms with Crippen molar-refractivity contribution in [2.75, 3.05) is 0 Å². The van der Waals surface area contributed by atoms with Gasteiger partial charge in [-0.25, -0.2) is 13.6 Å². The molecule has 0 aliphatic heterocycles. The molecule has 2 rings (SSSR count). The van der Waals surface area contributed by atoms with Gasteiger partial charge in [-0.15, -0.1) is 0 Å². The minimum absolute atomic E-state index is 0.148. The standard InChI is InChI=1S/C6H7NO2S.C6H6/c7-10(8,9)6-4-2-1-3-5-6;1-2-4-6-5-3-1/h1-5H,(H2,7,8,9);1-6H. The number of primary sulfonamides is 1. The van der Waals surface area contributed by atoms with Crippen molar-refractivity contribution in [3.63, 3.8) is 0 Å². The fourth-order valence-corrected chi connectivity index (χ4v) is 1.53. The Kier molecular flexibility index (Phi) is 4.69. The Hall–Kier alpha value is -1.65. The van der Waals surface area contributed by atoms with Gasteiger partial charge in [0.05, 0.1) is 4.90 Å². The van der Waals surface area contributed by atoms with E-state index in [1.54, 1.807) is 18.2 Å². The molecule has 0 atom stereocenters. The lowest BCUT2D eigenvalue weighted by molar-refractivity contribution is 0.598. The SMILES string of the molecule is NS(=O)(=O)c1ccccc1.c1ccccc1. The molecule has 16 heavy (non-hydrogen) atoms. The summed E-state index contributed by atoms with van der Waals surface area (Å²) in [7, 11) is -3.50. The van der Waals surface area contributed by atoms with Gasteiger partial charge in [0, 0.05) is 0 Å². The Bertz CT molecular complexity index is 468. The van der Waals surface area contributed by atoms with Crippen LogP contribution in [0.2, 0.25) is 0 Å². The molecule has 2 aromatic carbocycles. The van der Waals surface area contributed by atoms with Crippen molar-refractivity contribution in [1.82, 2.24) is 0 Å². The maximum atomic E-state index is 10.6. The Morgan fingerprint density at radius 2 is 1.00 bits per heavy atom. The van der Waals surface area contributed by atoms with Crippen LogP contribution in [0.15, 0.2) is 71.6 Å². The molecule has 84 valence electrons. The Morgan fingerprint density at radius 1 is 0.688 bits per heavy atom. The van der Waals surface area contributed by atoms with Gasteiger partial charge >= 0.3 is 0 Å². The van der Waals surface area contributed by atoms with E-state index >= 15 is 0 Å². The lowest BCUT2D eigenvalue weighted by Crippen LogP contribution is -2.11. The molecular weight excluding hydrogens is 222 g/mol. The monoisotopic (exact) mass is 235 g/mol. The summed E-state index contributed by atoms with van der Waals surface area (Å²) in [4.78, 5) is 0.148. The van der Waals surface area contributed by atoms with E-state index in [4.69, 9.17) is 5.14 Å². The smallest absolute Gasteiger partial charge is 0.225 e. The predicted molar refractivity (Wildman–Crippen MR) is 64.3 cm³/mol. The Labute approximate surface area is 95.6 Å². The number of sulfonamides is 1. The highest BCUT2D eigenvalue weighted by atomic mass is 32.2. The molecule has 0 spiro atoms. The molecule has 0 saturated carbocycles. The first kappa shape index (κ1) is 12.4. The summed E-state index contributed by atoms with van der Waals surface area (Å²) in [5, 5.41) is 4.83. The van der Waals surface area contributed by atoms with Gasteiger partial charge in [0.1, 0.15) is 0 Å². The van der Waals surface area contributed by atoms with Crippen LogP contribution in [0.3, 0.4) is 0 Å². The zero-order valence-electron chi connectivity index (χ0n) is 8.65. The van der Waals surface area contributed by atoms with Crippen molar-refractivity contribution in [2.24, 2.45) is 5.14 Å². The van der Waals surface area contributed by atoms with Crippen LogP contribution >= 0.6 is 0 Å². The van der Waals surface area contributed by atoms with E-state index in [1.165, 1.54) is 12.1 Å². The maximum absolute atomic E-state index is 10.6. The number of rotatable bonds is 1. The molecule has 3 nitrogen and oxygen atoms in total. The third kappa shape index (κ3) is 4.72. The van der Waals surface area contributed by atoms with E-state index < -0.39 is 10.0 Å². The van der Waals surface area contributed by atoms with Crippen LogP contribution in [0.4, 0.5) is 0 Å². The lowest BCUT2D eigenvalue weighted by Gasteiger charge is -1.93. The summed E-state index contributed by atoms with van der Waals surface area (Å²) in [6.07, 6.45) is 0. The van der Waals surface area contributed by atoms with Gasteiger partial charge in [0.2, 0.25) is 10.0 Å². The number of benzene rings is 2. The van der Waals surface area contributed by atoms with Gasteiger partial charge < -0.3 is 0 Å². The highest BCUT2D eigenvalue weighted by molar-refractivity contribution is 7.89. The average molecular weight is 235 g/mol. The second kappa shape index (κ2) is 6.05. The van der Waals surface area contributed by atoms with Gasteiger partial charge in [-0.3, -0.25) is 0 Å². The van der Waals surface area contributed by atoms with Crippen molar-refractivity contribution < 1.29 is 8.42 Å².